The molecule has 0 spiro atoms. The van der Waals surface area contributed by atoms with Crippen molar-refractivity contribution in [1.82, 2.24) is 0 Å². The highest BCUT2D eigenvalue weighted by Gasteiger charge is 2.15. The number of nitrogens with one attached hydrogen (secondary N) is 1. The molecule has 2 unspecified atom stereocenters. The zero-order valence-corrected chi connectivity index (χ0v) is 10.6. The molecule has 0 aliphatic rings. The van der Waals surface area contributed by atoms with E-state index >= 15 is 0 Å². The summed E-state index contributed by atoms with van der Waals surface area (Å²) < 4.78 is 13.2. The smallest absolute Gasteiger partial charge is 0.125 e. The molecule has 3 heteroatoms. The van der Waals surface area contributed by atoms with Gasteiger partial charge in [-0.15, -0.1) is 0 Å². The summed E-state index contributed by atoms with van der Waals surface area (Å²) in [7, 11) is 0. The Morgan fingerprint density at radius 2 is 2.12 bits per heavy atom. The number of aryl methyl sites for hydroxylation is 1. The van der Waals surface area contributed by atoms with Crippen molar-refractivity contribution in [2.24, 2.45) is 5.92 Å². The first-order valence-corrected chi connectivity index (χ1v) is 6.00. The molecule has 0 saturated carbocycles. The fourth-order valence-electron chi connectivity index (χ4n) is 1.92. The third-order valence-electron chi connectivity index (χ3n) is 2.82. The Labute approximate surface area is 102 Å². The molecule has 2 nitrogen and oxygen atoms in total. The number of nitrogens with zero attached hydrogens (tertiary/aromatic N) is 1. The van der Waals surface area contributed by atoms with Gasteiger partial charge in [-0.05, 0) is 43.0 Å². The van der Waals surface area contributed by atoms with Gasteiger partial charge >= 0.3 is 0 Å². The Morgan fingerprint density at radius 3 is 2.65 bits per heavy atom. The van der Waals surface area contributed by atoms with E-state index < -0.39 is 0 Å². The zero-order valence-electron chi connectivity index (χ0n) is 10.6. The van der Waals surface area contributed by atoms with Crippen LogP contribution >= 0.6 is 0 Å². The molecule has 2 atom stereocenters. The van der Waals surface area contributed by atoms with Gasteiger partial charge < -0.3 is 5.32 Å². The van der Waals surface area contributed by atoms with Gasteiger partial charge in [0.2, 0.25) is 0 Å². The molecule has 0 aliphatic carbocycles. The lowest BCUT2D eigenvalue weighted by molar-refractivity contribution is 0.499. The highest BCUT2D eigenvalue weighted by molar-refractivity contribution is 5.48. The minimum atomic E-state index is -0.271. The summed E-state index contributed by atoms with van der Waals surface area (Å²) in [5.74, 6) is -0.0130. The van der Waals surface area contributed by atoms with Crippen molar-refractivity contribution in [3.05, 3.63) is 29.6 Å². The Morgan fingerprint density at radius 1 is 1.41 bits per heavy atom. The summed E-state index contributed by atoms with van der Waals surface area (Å²) in [5, 5.41) is 12.2. The average molecular weight is 234 g/mol. The monoisotopic (exact) mass is 234 g/mol. The third kappa shape index (κ3) is 4.07. The first-order chi connectivity index (χ1) is 8.06. The Balaban J connectivity index is 2.77. The highest BCUT2D eigenvalue weighted by atomic mass is 19.1. The lowest BCUT2D eigenvalue weighted by atomic mass is 9.97. The van der Waals surface area contributed by atoms with Crippen LogP contribution in [0.25, 0.3) is 0 Å². The van der Waals surface area contributed by atoms with Crippen LogP contribution in [0.3, 0.4) is 0 Å². The lowest BCUT2D eigenvalue weighted by Gasteiger charge is -2.19. The predicted molar refractivity (Wildman–Crippen MR) is 68.2 cm³/mol. The second-order valence-corrected chi connectivity index (χ2v) is 4.53. The maximum Gasteiger partial charge on any atom is 0.125 e. The second kappa shape index (κ2) is 6.24. The standard InChI is InChI=1S/C14H19FN2/c1-4-5-11(3)14(9-16)17-13-7-10(2)6-12(15)8-13/h6-8,11,14,17H,4-5H2,1-3H3. The Kier molecular flexibility index (Phi) is 4.96. The van der Waals surface area contributed by atoms with Crippen molar-refractivity contribution in [2.45, 2.75) is 39.7 Å². The van der Waals surface area contributed by atoms with Crippen LogP contribution in [0.1, 0.15) is 32.3 Å². The normalized spacial score (nSPS) is 13.8. The van der Waals surface area contributed by atoms with E-state index in [0.29, 0.717) is 5.69 Å². The van der Waals surface area contributed by atoms with Gasteiger partial charge in [-0.2, -0.15) is 5.26 Å². The van der Waals surface area contributed by atoms with E-state index in [1.54, 1.807) is 0 Å². The van der Waals surface area contributed by atoms with Crippen LogP contribution in [0.5, 0.6) is 0 Å². The van der Waals surface area contributed by atoms with Crippen LogP contribution in [0.15, 0.2) is 18.2 Å². The molecule has 1 aromatic carbocycles. The van der Waals surface area contributed by atoms with Crippen molar-refractivity contribution in [1.29, 1.82) is 5.26 Å². The molecule has 0 radical (unpaired) electrons. The summed E-state index contributed by atoms with van der Waals surface area (Å²) in [5.41, 5.74) is 1.53. The third-order valence-corrected chi connectivity index (χ3v) is 2.82. The predicted octanol–water partition coefficient (Wildman–Crippen LogP) is 3.87. The molecule has 0 amide bonds. The molecule has 1 aromatic rings. The first kappa shape index (κ1) is 13.5. The zero-order chi connectivity index (χ0) is 12.8. The number of hydrogen-bond acceptors (Lipinski definition) is 2. The van der Waals surface area contributed by atoms with Crippen molar-refractivity contribution in [2.75, 3.05) is 5.32 Å². The molecule has 0 heterocycles. The fourth-order valence-corrected chi connectivity index (χ4v) is 1.92. The van der Waals surface area contributed by atoms with Gasteiger partial charge in [-0.3, -0.25) is 0 Å². The van der Waals surface area contributed by atoms with Crippen molar-refractivity contribution >= 4 is 5.69 Å². The van der Waals surface area contributed by atoms with E-state index in [0.717, 1.165) is 18.4 Å². The van der Waals surface area contributed by atoms with Gasteiger partial charge in [0.05, 0.1) is 6.07 Å². The number of anilines is 1. The van der Waals surface area contributed by atoms with E-state index in [9.17, 15) is 4.39 Å². The molecule has 1 rings (SSSR count). The molecule has 0 bridgehead atoms. The van der Waals surface area contributed by atoms with Gasteiger partial charge in [0.25, 0.3) is 0 Å². The number of nitriles is 1. The molecular weight excluding hydrogens is 215 g/mol. The van der Waals surface area contributed by atoms with Gasteiger partial charge in [-0.1, -0.05) is 20.3 Å². The first-order valence-electron chi connectivity index (χ1n) is 6.00. The van der Waals surface area contributed by atoms with Crippen LogP contribution in [0.2, 0.25) is 0 Å². The quantitative estimate of drug-likeness (QED) is 0.839. The van der Waals surface area contributed by atoms with E-state index in [4.69, 9.17) is 5.26 Å². The van der Waals surface area contributed by atoms with E-state index in [-0.39, 0.29) is 17.8 Å². The summed E-state index contributed by atoms with van der Waals surface area (Å²) in [6, 6.07) is 6.73. The highest BCUT2D eigenvalue weighted by Crippen LogP contribution is 2.18. The maximum absolute atomic E-state index is 13.2. The van der Waals surface area contributed by atoms with Crippen LogP contribution in [0, 0.1) is 30.0 Å². The molecule has 0 fully saturated rings. The van der Waals surface area contributed by atoms with Gasteiger partial charge in [0, 0.05) is 5.69 Å². The van der Waals surface area contributed by atoms with E-state index in [2.05, 4.69) is 18.3 Å². The van der Waals surface area contributed by atoms with E-state index in [1.165, 1.54) is 12.1 Å². The molecular formula is C14H19FN2. The van der Waals surface area contributed by atoms with Gasteiger partial charge in [0.15, 0.2) is 0 Å². The summed E-state index contributed by atoms with van der Waals surface area (Å²) in [6.45, 7) is 5.97. The van der Waals surface area contributed by atoms with Crippen LogP contribution < -0.4 is 5.32 Å². The van der Waals surface area contributed by atoms with Crippen molar-refractivity contribution < 1.29 is 4.39 Å². The summed E-state index contributed by atoms with van der Waals surface area (Å²) in [4.78, 5) is 0. The summed E-state index contributed by atoms with van der Waals surface area (Å²) >= 11 is 0. The SMILES string of the molecule is CCCC(C)C(C#N)Nc1cc(C)cc(F)c1. The Hall–Kier alpha value is -1.56. The van der Waals surface area contributed by atoms with Crippen molar-refractivity contribution in [3.63, 3.8) is 0 Å². The van der Waals surface area contributed by atoms with Crippen LogP contribution in [-0.2, 0) is 0 Å². The van der Waals surface area contributed by atoms with Crippen molar-refractivity contribution in [3.8, 4) is 6.07 Å². The van der Waals surface area contributed by atoms with Gasteiger partial charge in [-0.25, -0.2) is 4.39 Å². The molecule has 17 heavy (non-hydrogen) atoms. The second-order valence-electron chi connectivity index (χ2n) is 4.53. The number of benzene rings is 1. The molecule has 0 saturated heterocycles. The van der Waals surface area contributed by atoms with Crippen LogP contribution in [-0.4, -0.2) is 6.04 Å². The fraction of sp³-hybridized carbons (Fsp3) is 0.500. The minimum Gasteiger partial charge on any atom is -0.370 e. The van der Waals surface area contributed by atoms with Crippen LogP contribution in [0.4, 0.5) is 10.1 Å². The molecule has 0 aliphatic heterocycles. The molecule has 0 aromatic heterocycles. The average Bonchev–Trinajstić information content (AvgIpc) is 2.24. The molecule has 1 N–H and O–H groups in total. The number of halogens is 1. The van der Waals surface area contributed by atoms with Gasteiger partial charge in [0.1, 0.15) is 11.9 Å². The molecule has 92 valence electrons. The Bertz CT molecular complexity index is 389. The lowest BCUT2D eigenvalue weighted by Crippen LogP contribution is -2.25. The number of hydrogen-bond donors (Lipinski definition) is 1. The van der Waals surface area contributed by atoms with E-state index in [1.807, 2.05) is 19.9 Å². The summed E-state index contributed by atoms with van der Waals surface area (Å²) in [6.07, 6.45) is 2.03. The topological polar surface area (TPSA) is 35.8 Å². The largest absolute Gasteiger partial charge is 0.370 e. The maximum atomic E-state index is 13.2. The minimum absolute atomic E-state index is 0.258. The number of rotatable bonds is 5.